The van der Waals surface area contributed by atoms with Gasteiger partial charge in [0.25, 0.3) is 0 Å². The van der Waals surface area contributed by atoms with Gasteiger partial charge in [0.15, 0.2) is 0 Å². The molecule has 2 aromatic heterocycles. The maximum absolute atomic E-state index is 10.5. The van der Waals surface area contributed by atoms with E-state index in [0.29, 0.717) is 11.3 Å². The number of aromatic nitrogens is 2. The standard InChI is InChI=1S/C16H14N2O2/c1-20-15-10-17-8-6-13(15)16(19)12-5-4-11-3-2-7-18-14(11)9-12/h2-10,16,19H,1H3. The smallest absolute Gasteiger partial charge is 0.143 e. The maximum atomic E-state index is 10.5. The van der Waals surface area contributed by atoms with Gasteiger partial charge >= 0.3 is 0 Å². The third kappa shape index (κ3) is 2.21. The van der Waals surface area contributed by atoms with E-state index >= 15 is 0 Å². The highest BCUT2D eigenvalue weighted by Crippen LogP contribution is 2.30. The van der Waals surface area contributed by atoms with Crippen LogP contribution in [0.2, 0.25) is 0 Å². The van der Waals surface area contributed by atoms with Crippen molar-refractivity contribution in [3.8, 4) is 5.75 Å². The Morgan fingerprint density at radius 2 is 2.05 bits per heavy atom. The summed E-state index contributed by atoms with van der Waals surface area (Å²) >= 11 is 0. The number of hydrogen-bond acceptors (Lipinski definition) is 4. The van der Waals surface area contributed by atoms with E-state index in [1.165, 1.54) is 0 Å². The molecule has 0 aliphatic rings. The van der Waals surface area contributed by atoms with Crippen molar-refractivity contribution < 1.29 is 9.84 Å². The number of aliphatic hydroxyl groups excluding tert-OH is 1. The van der Waals surface area contributed by atoms with Gasteiger partial charge in [-0.15, -0.1) is 0 Å². The fraction of sp³-hybridized carbons (Fsp3) is 0.125. The van der Waals surface area contributed by atoms with Crippen molar-refractivity contribution in [3.05, 3.63) is 66.1 Å². The molecule has 0 saturated carbocycles. The molecule has 3 rings (SSSR count). The summed E-state index contributed by atoms with van der Waals surface area (Å²) in [5.74, 6) is 0.570. The summed E-state index contributed by atoms with van der Waals surface area (Å²) in [7, 11) is 1.56. The minimum atomic E-state index is -0.764. The normalized spacial score (nSPS) is 12.3. The first-order valence-corrected chi connectivity index (χ1v) is 6.30. The lowest BCUT2D eigenvalue weighted by Crippen LogP contribution is -2.03. The number of benzene rings is 1. The molecule has 0 saturated heterocycles. The molecule has 20 heavy (non-hydrogen) atoms. The molecule has 1 atom stereocenters. The Hall–Kier alpha value is -2.46. The summed E-state index contributed by atoms with van der Waals surface area (Å²) in [6.07, 6.45) is 4.21. The van der Waals surface area contributed by atoms with Crippen molar-refractivity contribution in [3.63, 3.8) is 0 Å². The van der Waals surface area contributed by atoms with Crippen molar-refractivity contribution >= 4 is 10.9 Å². The summed E-state index contributed by atoms with van der Waals surface area (Å²) in [5.41, 5.74) is 2.33. The zero-order chi connectivity index (χ0) is 13.9. The van der Waals surface area contributed by atoms with Crippen molar-refractivity contribution in [1.82, 2.24) is 9.97 Å². The van der Waals surface area contributed by atoms with E-state index < -0.39 is 6.10 Å². The number of hydrogen-bond donors (Lipinski definition) is 1. The minimum Gasteiger partial charge on any atom is -0.495 e. The summed E-state index contributed by atoms with van der Waals surface area (Å²) in [6, 6.07) is 11.4. The number of ether oxygens (including phenoxy) is 1. The molecule has 1 N–H and O–H groups in total. The first-order chi connectivity index (χ1) is 9.79. The third-order valence-corrected chi connectivity index (χ3v) is 3.28. The third-order valence-electron chi connectivity index (χ3n) is 3.28. The number of aliphatic hydroxyl groups is 1. The van der Waals surface area contributed by atoms with Crippen LogP contribution in [0.1, 0.15) is 17.2 Å². The van der Waals surface area contributed by atoms with Gasteiger partial charge < -0.3 is 9.84 Å². The molecule has 0 aliphatic carbocycles. The lowest BCUT2D eigenvalue weighted by atomic mass is 10.0. The highest BCUT2D eigenvalue weighted by molar-refractivity contribution is 5.79. The summed E-state index contributed by atoms with van der Waals surface area (Å²) in [4.78, 5) is 8.30. The second-order valence-electron chi connectivity index (χ2n) is 4.48. The molecule has 4 nitrogen and oxygen atoms in total. The van der Waals surface area contributed by atoms with Crippen LogP contribution >= 0.6 is 0 Å². The molecule has 0 radical (unpaired) electrons. The molecular formula is C16H14N2O2. The summed E-state index contributed by atoms with van der Waals surface area (Å²) in [5, 5.41) is 11.6. The fourth-order valence-electron chi connectivity index (χ4n) is 2.22. The molecule has 100 valence electrons. The highest BCUT2D eigenvalue weighted by atomic mass is 16.5. The van der Waals surface area contributed by atoms with Crippen LogP contribution < -0.4 is 4.74 Å². The lowest BCUT2D eigenvalue weighted by molar-refractivity contribution is 0.214. The molecule has 3 aromatic rings. The zero-order valence-electron chi connectivity index (χ0n) is 11.0. The molecular weight excluding hydrogens is 252 g/mol. The average Bonchev–Trinajstić information content (AvgIpc) is 2.53. The van der Waals surface area contributed by atoms with Gasteiger partial charge in [0.05, 0.1) is 18.8 Å². The van der Waals surface area contributed by atoms with E-state index in [1.54, 1.807) is 31.8 Å². The van der Waals surface area contributed by atoms with Gasteiger partial charge in [-0.1, -0.05) is 18.2 Å². The Bertz CT molecular complexity index is 743. The molecule has 1 aromatic carbocycles. The van der Waals surface area contributed by atoms with E-state index in [0.717, 1.165) is 16.5 Å². The monoisotopic (exact) mass is 266 g/mol. The van der Waals surface area contributed by atoms with Crippen molar-refractivity contribution in [2.24, 2.45) is 0 Å². The molecule has 1 unspecified atom stereocenters. The largest absolute Gasteiger partial charge is 0.495 e. The lowest BCUT2D eigenvalue weighted by Gasteiger charge is -2.15. The maximum Gasteiger partial charge on any atom is 0.143 e. The SMILES string of the molecule is COc1cnccc1C(O)c1ccc2cccnc2c1. The predicted octanol–water partition coefficient (Wildman–Crippen LogP) is 2.72. The van der Waals surface area contributed by atoms with Gasteiger partial charge in [-0.25, -0.2) is 0 Å². The second kappa shape index (κ2) is 5.27. The number of nitrogens with zero attached hydrogens (tertiary/aromatic N) is 2. The Balaban J connectivity index is 2.05. The van der Waals surface area contributed by atoms with Crippen molar-refractivity contribution in [2.45, 2.75) is 6.10 Å². The van der Waals surface area contributed by atoms with Crippen LogP contribution in [0.5, 0.6) is 5.75 Å². The van der Waals surface area contributed by atoms with Crippen LogP contribution in [0.25, 0.3) is 10.9 Å². The van der Waals surface area contributed by atoms with Gasteiger partial charge in [-0.05, 0) is 23.8 Å². The number of fused-ring (bicyclic) bond motifs is 1. The van der Waals surface area contributed by atoms with Crippen LogP contribution in [0.4, 0.5) is 0 Å². The Kier molecular flexibility index (Phi) is 3.31. The Labute approximate surface area is 116 Å². The molecule has 0 fully saturated rings. The summed E-state index contributed by atoms with van der Waals surface area (Å²) < 4.78 is 5.24. The van der Waals surface area contributed by atoms with E-state index in [4.69, 9.17) is 4.74 Å². The van der Waals surface area contributed by atoms with Gasteiger partial charge in [0.2, 0.25) is 0 Å². The fourth-order valence-corrected chi connectivity index (χ4v) is 2.22. The minimum absolute atomic E-state index is 0.570. The number of pyridine rings is 2. The van der Waals surface area contributed by atoms with Crippen molar-refractivity contribution in [1.29, 1.82) is 0 Å². The van der Waals surface area contributed by atoms with E-state index in [1.807, 2.05) is 30.3 Å². The highest BCUT2D eigenvalue weighted by Gasteiger charge is 2.15. The molecule has 0 amide bonds. The van der Waals surface area contributed by atoms with Gasteiger partial charge in [-0.3, -0.25) is 9.97 Å². The van der Waals surface area contributed by atoms with E-state index in [-0.39, 0.29) is 0 Å². The molecule has 0 bridgehead atoms. The van der Waals surface area contributed by atoms with Crippen molar-refractivity contribution in [2.75, 3.05) is 7.11 Å². The Morgan fingerprint density at radius 1 is 1.15 bits per heavy atom. The first-order valence-electron chi connectivity index (χ1n) is 6.30. The van der Waals surface area contributed by atoms with E-state index in [2.05, 4.69) is 9.97 Å². The quantitative estimate of drug-likeness (QED) is 0.792. The number of rotatable bonds is 3. The molecule has 2 heterocycles. The van der Waals surface area contributed by atoms with Crippen LogP contribution in [0.15, 0.2) is 55.0 Å². The van der Waals surface area contributed by atoms with Crippen LogP contribution in [-0.4, -0.2) is 22.2 Å². The molecule has 0 spiro atoms. The molecule has 0 aliphatic heterocycles. The topological polar surface area (TPSA) is 55.2 Å². The van der Waals surface area contributed by atoms with Gasteiger partial charge in [0.1, 0.15) is 11.9 Å². The number of methoxy groups -OCH3 is 1. The Morgan fingerprint density at radius 3 is 2.90 bits per heavy atom. The summed E-state index contributed by atoms with van der Waals surface area (Å²) in [6.45, 7) is 0. The van der Waals surface area contributed by atoms with Crippen LogP contribution in [-0.2, 0) is 0 Å². The average molecular weight is 266 g/mol. The second-order valence-corrected chi connectivity index (χ2v) is 4.48. The van der Waals surface area contributed by atoms with E-state index in [9.17, 15) is 5.11 Å². The van der Waals surface area contributed by atoms with Gasteiger partial charge in [-0.2, -0.15) is 0 Å². The first kappa shape index (κ1) is 12.6. The zero-order valence-corrected chi connectivity index (χ0v) is 11.0. The van der Waals surface area contributed by atoms with Crippen LogP contribution in [0.3, 0.4) is 0 Å². The molecule has 4 heteroatoms. The predicted molar refractivity (Wildman–Crippen MR) is 76.6 cm³/mol. The van der Waals surface area contributed by atoms with Gasteiger partial charge in [0, 0.05) is 23.3 Å². The van der Waals surface area contributed by atoms with Crippen LogP contribution in [0, 0.1) is 0 Å².